The first-order chi connectivity index (χ1) is 10.2. The third kappa shape index (κ3) is 5.34. The maximum absolute atomic E-state index is 5.69. The van der Waals surface area contributed by atoms with Crippen LogP contribution in [0, 0.1) is 11.8 Å². The van der Waals surface area contributed by atoms with E-state index in [4.69, 9.17) is 4.42 Å². The van der Waals surface area contributed by atoms with Crippen molar-refractivity contribution in [1.29, 1.82) is 0 Å². The van der Waals surface area contributed by atoms with Crippen LogP contribution < -0.4 is 10.2 Å². The van der Waals surface area contributed by atoms with Gasteiger partial charge in [-0.15, -0.1) is 0 Å². The Hall–Kier alpha value is -1.03. The first-order valence-corrected chi connectivity index (χ1v) is 8.59. The van der Waals surface area contributed by atoms with Crippen molar-refractivity contribution in [1.82, 2.24) is 10.3 Å². The predicted molar refractivity (Wildman–Crippen MR) is 87.5 cm³/mol. The standard InChI is InChI=1S/C17H31N3O/c1-4-6-15-7-5-9-20(10-8-15)17-19-16(13-21-17)12-18-11-14(2)3/h13-15,18H,4-12H2,1-3H3. The lowest BCUT2D eigenvalue weighted by Crippen LogP contribution is -2.24. The summed E-state index contributed by atoms with van der Waals surface area (Å²) in [5, 5.41) is 3.41. The second-order valence-corrected chi connectivity index (χ2v) is 6.72. The van der Waals surface area contributed by atoms with Crippen molar-refractivity contribution >= 4 is 6.01 Å². The van der Waals surface area contributed by atoms with Crippen LogP contribution in [-0.2, 0) is 6.54 Å². The zero-order valence-electron chi connectivity index (χ0n) is 13.9. The Labute approximate surface area is 129 Å². The van der Waals surface area contributed by atoms with Gasteiger partial charge in [0.05, 0.1) is 5.69 Å². The minimum Gasteiger partial charge on any atom is -0.432 e. The van der Waals surface area contributed by atoms with Gasteiger partial charge in [-0.1, -0.05) is 33.6 Å². The number of aromatic nitrogens is 1. The van der Waals surface area contributed by atoms with E-state index in [-0.39, 0.29) is 0 Å². The lowest BCUT2D eigenvalue weighted by Gasteiger charge is -2.17. The second-order valence-electron chi connectivity index (χ2n) is 6.72. The fourth-order valence-electron chi connectivity index (χ4n) is 3.07. The Kier molecular flexibility index (Phi) is 6.55. The summed E-state index contributed by atoms with van der Waals surface area (Å²) in [4.78, 5) is 6.96. The number of nitrogens with zero attached hydrogens (tertiary/aromatic N) is 2. The topological polar surface area (TPSA) is 41.3 Å². The molecule has 1 aliphatic heterocycles. The molecule has 0 aliphatic carbocycles. The second kappa shape index (κ2) is 8.42. The van der Waals surface area contributed by atoms with Crippen molar-refractivity contribution in [3.63, 3.8) is 0 Å². The monoisotopic (exact) mass is 293 g/mol. The molecule has 1 unspecified atom stereocenters. The van der Waals surface area contributed by atoms with Crippen LogP contribution in [0.25, 0.3) is 0 Å². The molecule has 0 spiro atoms. The highest BCUT2D eigenvalue weighted by molar-refractivity contribution is 5.27. The molecule has 4 heteroatoms. The Bertz CT molecular complexity index is 402. The number of hydrogen-bond acceptors (Lipinski definition) is 4. The summed E-state index contributed by atoms with van der Waals surface area (Å²) in [6.07, 6.45) is 8.36. The SMILES string of the molecule is CCCC1CCCN(c2nc(CNCC(C)C)co2)CC1. The summed E-state index contributed by atoms with van der Waals surface area (Å²) in [6, 6.07) is 0.813. The highest BCUT2D eigenvalue weighted by atomic mass is 16.4. The van der Waals surface area contributed by atoms with E-state index in [2.05, 4.69) is 36.0 Å². The average Bonchev–Trinajstić information content (AvgIpc) is 2.78. The van der Waals surface area contributed by atoms with Gasteiger partial charge in [-0.2, -0.15) is 4.98 Å². The minimum atomic E-state index is 0.664. The molecule has 1 aliphatic rings. The highest BCUT2D eigenvalue weighted by Gasteiger charge is 2.19. The summed E-state index contributed by atoms with van der Waals surface area (Å²) in [5.41, 5.74) is 1.01. The average molecular weight is 293 g/mol. The van der Waals surface area contributed by atoms with Crippen molar-refractivity contribution in [3.05, 3.63) is 12.0 Å². The van der Waals surface area contributed by atoms with Crippen molar-refractivity contribution in [2.24, 2.45) is 11.8 Å². The number of nitrogens with one attached hydrogen (secondary N) is 1. The van der Waals surface area contributed by atoms with Crippen LogP contribution in [0.1, 0.15) is 58.6 Å². The predicted octanol–water partition coefficient (Wildman–Crippen LogP) is 3.83. The number of rotatable bonds is 7. The van der Waals surface area contributed by atoms with Gasteiger partial charge in [0.1, 0.15) is 6.26 Å². The molecular weight excluding hydrogens is 262 g/mol. The van der Waals surface area contributed by atoms with E-state index in [1.165, 1.54) is 32.1 Å². The van der Waals surface area contributed by atoms with Gasteiger partial charge in [-0.3, -0.25) is 0 Å². The molecule has 1 atom stereocenters. The molecule has 1 N–H and O–H groups in total. The molecule has 1 saturated heterocycles. The molecule has 0 saturated carbocycles. The van der Waals surface area contributed by atoms with E-state index in [1.54, 1.807) is 6.26 Å². The smallest absolute Gasteiger partial charge is 0.297 e. The van der Waals surface area contributed by atoms with Gasteiger partial charge in [-0.05, 0) is 37.6 Å². The van der Waals surface area contributed by atoms with E-state index in [9.17, 15) is 0 Å². The third-order valence-electron chi connectivity index (χ3n) is 4.21. The van der Waals surface area contributed by atoms with Crippen LogP contribution in [0.2, 0.25) is 0 Å². The van der Waals surface area contributed by atoms with Crippen LogP contribution in [0.15, 0.2) is 10.7 Å². The molecule has 0 amide bonds. The van der Waals surface area contributed by atoms with Crippen molar-refractivity contribution in [2.45, 2.75) is 59.4 Å². The Balaban J connectivity index is 1.83. The fourth-order valence-corrected chi connectivity index (χ4v) is 3.07. The molecule has 21 heavy (non-hydrogen) atoms. The summed E-state index contributed by atoms with van der Waals surface area (Å²) in [6.45, 7) is 10.7. The van der Waals surface area contributed by atoms with Crippen LogP contribution in [0.4, 0.5) is 6.01 Å². The molecule has 120 valence electrons. The Morgan fingerprint density at radius 2 is 2.24 bits per heavy atom. The third-order valence-corrected chi connectivity index (χ3v) is 4.21. The van der Waals surface area contributed by atoms with Gasteiger partial charge in [0.25, 0.3) is 6.01 Å². The van der Waals surface area contributed by atoms with E-state index in [1.807, 2.05) is 0 Å². The molecule has 4 nitrogen and oxygen atoms in total. The van der Waals surface area contributed by atoms with E-state index in [0.717, 1.165) is 43.8 Å². The van der Waals surface area contributed by atoms with Crippen LogP contribution in [0.3, 0.4) is 0 Å². The van der Waals surface area contributed by atoms with Crippen LogP contribution in [0.5, 0.6) is 0 Å². The van der Waals surface area contributed by atoms with E-state index < -0.39 is 0 Å². The largest absolute Gasteiger partial charge is 0.432 e. The van der Waals surface area contributed by atoms with Crippen molar-refractivity contribution in [2.75, 3.05) is 24.5 Å². The first-order valence-electron chi connectivity index (χ1n) is 8.59. The van der Waals surface area contributed by atoms with Crippen LogP contribution >= 0.6 is 0 Å². The quantitative estimate of drug-likeness (QED) is 0.829. The molecule has 1 aromatic heterocycles. The Morgan fingerprint density at radius 3 is 3.00 bits per heavy atom. The molecule has 0 radical (unpaired) electrons. The maximum Gasteiger partial charge on any atom is 0.297 e. The molecule has 0 aromatic carbocycles. The van der Waals surface area contributed by atoms with Gasteiger partial charge in [0.15, 0.2) is 0 Å². The summed E-state index contributed by atoms with van der Waals surface area (Å²) < 4.78 is 5.69. The van der Waals surface area contributed by atoms with Gasteiger partial charge >= 0.3 is 0 Å². The van der Waals surface area contributed by atoms with Crippen molar-refractivity contribution < 1.29 is 4.42 Å². The van der Waals surface area contributed by atoms with Gasteiger partial charge < -0.3 is 14.6 Å². The molecule has 2 rings (SSSR count). The van der Waals surface area contributed by atoms with E-state index in [0.29, 0.717) is 5.92 Å². The number of hydrogen-bond donors (Lipinski definition) is 1. The van der Waals surface area contributed by atoms with E-state index >= 15 is 0 Å². The van der Waals surface area contributed by atoms with Crippen LogP contribution in [-0.4, -0.2) is 24.6 Å². The zero-order chi connectivity index (χ0) is 15.1. The number of oxazole rings is 1. The normalized spacial score (nSPS) is 20.0. The molecule has 0 bridgehead atoms. The van der Waals surface area contributed by atoms with Crippen molar-refractivity contribution in [3.8, 4) is 0 Å². The van der Waals surface area contributed by atoms with Gasteiger partial charge in [-0.25, -0.2) is 0 Å². The molecule has 1 fully saturated rings. The lowest BCUT2D eigenvalue weighted by atomic mass is 9.96. The molecular formula is C17H31N3O. The summed E-state index contributed by atoms with van der Waals surface area (Å²) in [7, 11) is 0. The summed E-state index contributed by atoms with van der Waals surface area (Å²) in [5.74, 6) is 1.56. The minimum absolute atomic E-state index is 0.664. The fraction of sp³-hybridized carbons (Fsp3) is 0.824. The lowest BCUT2D eigenvalue weighted by molar-refractivity contribution is 0.434. The maximum atomic E-state index is 5.69. The molecule has 1 aromatic rings. The zero-order valence-corrected chi connectivity index (χ0v) is 13.9. The molecule has 2 heterocycles. The highest BCUT2D eigenvalue weighted by Crippen LogP contribution is 2.25. The number of anilines is 1. The Morgan fingerprint density at radius 1 is 1.38 bits per heavy atom. The first kappa shape index (κ1) is 16.3. The van der Waals surface area contributed by atoms with Gasteiger partial charge in [0.2, 0.25) is 0 Å². The van der Waals surface area contributed by atoms with Gasteiger partial charge in [0, 0.05) is 19.6 Å². The summed E-state index contributed by atoms with van der Waals surface area (Å²) >= 11 is 0.